The molecule has 21 heavy (non-hydrogen) atoms. The van der Waals surface area contributed by atoms with Crippen molar-refractivity contribution in [3.05, 3.63) is 28.2 Å². The Balaban J connectivity index is 1.87. The lowest BCUT2D eigenvalue weighted by molar-refractivity contribution is 0.0859. The number of ether oxygens (including phenoxy) is 3. The van der Waals surface area contributed by atoms with E-state index in [-0.39, 0.29) is 11.9 Å². The summed E-state index contributed by atoms with van der Waals surface area (Å²) in [6.07, 6.45) is 3.78. The first-order valence-corrected chi connectivity index (χ1v) is 8.06. The molecule has 0 saturated carbocycles. The number of carbonyl (C=O) groups is 1. The highest BCUT2D eigenvalue weighted by atomic mass is 79.9. The van der Waals surface area contributed by atoms with Gasteiger partial charge in [0.2, 0.25) is 0 Å². The molecule has 116 valence electrons. The third-order valence-corrected chi connectivity index (χ3v) is 4.14. The first kappa shape index (κ1) is 16.5. The second-order valence-electron chi connectivity index (χ2n) is 5.08. The topological polar surface area (TPSA) is 44.8 Å². The maximum absolute atomic E-state index is 12.2. The van der Waals surface area contributed by atoms with Crippen molar-refractivity contribution < 1.29 is 19.0 Å². The number of halogens is 1. The predicted octanol–water partition coefficient (Wildman–Crippen LogP) is 3.62. The van der Waals surface area contributed by atoms with Crippen LogP contribution in [-0.2, 0) is 9.47 Å². The Kier molecular flexibility index (Phi) is 6.67. The third kappa shape index (κ3) is 5.09. The summed E-state index contributed by atoms with van der Waals surface area (Å²) in [6, 6.07) is 5.45. The normalized spacial score (nSPS) is 17.9. The Morgan fingerprint density at radius 1 is 1.43 bits per heavy atom. The monoisotopic (exact) mass is 356 g/mol. The van der Waals surface area contributed by atoms with Gasteiger partial charge in [0.05, 0.1) is 17.2 Å². The Morgan fingerprint density at radius 2 is 2.29 bits per heavy atom. The van der Waals surface area contributed by atoms with Crippen LogP contribution in [-0.4, -0.2) is 38.8 Å². The molecule has 0 radical (unpaired) electrons. The molecular weight excluding hydrogens is 336 g/mol. The standard InChI is InChI=1S/C16H21BrO4/c1-19-9-10-21-16-7-4-12(11-14(16)17)15(18)6-5-13-3-2-8-20-13/h4,7,11,13H,2-3,5-6,8-10H2,1H3. The van der Waals surface area contributed by atoms with Gasteiger partial charge >= 0.3 is 0 Å². The van der Waals surface area contributed by atoms with Crippen molar-refractivity contribution in [1.82, 2.24) is 0 Å². The molecule has 4 nitrogen and oxygen atoms in total. The molecule has 1 aromatic carbocycles. The smallest absolute Gasteiger partial charge is 0.163 e. The van der Waals surface area contributed by atoms with E-state index >= 15 is 0 Å². The summed E-state index contributed by atoms with van der Waals surface area (Å²) >= 11 is 3.44. The van der Waals surface area contributed by atoms with Crippen molar-refractivity contribution in [2.45, 2.75) is 31.8 Å². The molecule has 1 fully saturated rings. The number of rotatable bonds is 8. The van der Waals surface area contributed by atoms with Crippen LogP contribution in [0.15, 0.2) is 22.7 Å². The number of ketones is 1. The Morgan fingerprint density at radius 3 is 2.95 bits per heavy atom. The zero-order valence-electron chi connectivity index (χ0n) is 12.3. The lowest BCUT2D eigenvalue weighted by Gasteiger charge is -2.10. The van der Waals surface area contributed by atoms with Crippen LogP contribution < -0.4 is 4.74 Å². The average Bonchev–Trinajstić information content (AvgIpc) is 3.00. The SMILES string of the molecule is COCCOc1ccc(C(=O)CCC2CCCO2)cc1Br. The highest BCUT2D eigenvalue weighted by molar-refractivity contribution is 9.10. The average molecular weight is 357 g/mol. The first-order valence-electron chi connectivity index (χ1n) is 7.27. The van der Waals surface area contributed by atoms with Crippen molar-refractivity contribution in [3.63, 3.8) is 0 Å². The predicted molar refractivity (Wildman–Crippen MR) is 84.1 cm³/mol. The molecule has 1 aliphatic heterocycles. The van der Waals surface area contributed by atoms with Crippen LogP contribution in [0.3, 0.4) is 0 Å². The highest BCUT2D eigenvalue weighted by Crippen LogP contribution is 2.27. The van der Waals surface area contributed by atoms with Gasteiger partial charge in [-0.05, 0) is 53.4 Å². The van der Waals surface area contributed by atoms with Crippen LogP contribution in [0.5, 0.6) is 5.75 Å². The van der Waals surface area contributed by atoms with E-state index in [1.807, 2.05) is 18.2 Å². The van der Waals surface area contributed by atoms with Crippen LogP contribution in [0.4, 0.5) is 0 Å². The van der Waals surface area contributed by atoms with E-state index in [1.165, 1.54) is 0 Å². The number of Topliss-reactive ketones (excluding diaryl/α,β-unsaturated/α-hetero) is 1. The van der Waals surface area contributed by atoms with Crippen LogP contribution >= 0.6 is 15.9 Å². The number of hydrogen-bond acceptors (Lipinski definition) is 4. The van der Waals surface area contributed by atoms with E-state index in [9.17, 15) is 4.79 Å². The molecule has 0 spiro atoms. The van der Waals surface area contributed by atoms with Gasteiger partial charge in [0.1, 0.15) is 12.4 Å². The summed E-state index contributed by atoms with van der Waals surface area (Å²) in [7, 11) is 1.63. The largest absolute Gasteiger partial charge is 0.490 e. The van der Waals surface area contributed by atoms with E-state index in [2.05, 4.69) is 15.9 Å². The number of carbonyl (C=O) groups excluding carboxylic acids is 1. The van der Waals surface area contributed by atoms with Crippen molar-refractivity contribution >= 4 is 21.7 Å². The Labute approximate surface area is 133 Å². The van der Waals surface area contributed by atoms with Gasteiger partial charge < -0.3 is 14.2 Å². The van der Waals surface area contributed by atoms with Crippen molar-refractivity contribution in [2.75, 3.05) is 26.9 Å². The molecule has 1 heterocycles. The first-order chi connectivity index (χ1) is 10.2. The van der Waals surface area contributed by atoms with Gasteiger partial charge in [0.25, 0.3) is 0 Å². The summed E-state index contributed by atoms with van der Waals surface area (Å²) in [5.41, 5.74) is 0.707. The molecule has 1 aliphatic rings. The summed E-state index contributed by atoms with van der Waals surface area (Å²) in [6.45, 7) is 1.85. The minimum absolute atomic E-state index is 0.148. The molecule has 0 N–H and O–H groups in total. The molecule has 0 aromatic heterocycles. The molecule has 1 saturated heterocycles. The number of methoxy groups -OCH3 is 1. The highest BCUT2D eigenvalue weighted by Gasteiger charge is 2.17. The summed E-state index contributed by atoms with van der Waals surface area (Å²) in [4.78, 5) is 12.2. The third-order valence-electron chi connectivity index (χ3n) is 3.52. The minimum Gasteiger partial charge on any atom is -0.490 e. The summed E-state index contributed by atoms with van der Waals surface area (Å²) in [5, 5.41) is 0. The van der Waals surface area contributed by atoms with Crippen molar-refractivity contribution in [3.8, 4) is 5.75 Å². The maximum Gasteiger partial charge on any atom is 0.163 e. The summed E-state index contributed by atoms with van der Waals surface area (Å²) in [5.74, 6) is 0.873. The lowest BCUT2D eigenvalue weighted by atomic mass is 10.0. The van der Waals surface area contributed by atoms with Gasteiger partial charge in [-0.25, -0.2) is 0 Å². The van der Waals surface area contributed by atoms with Gasteiger partial charge in [0.15, 0.2) is 5.78 Å². The van der Waals surface area contributed by atoms with Gasteiger partial charge in [-0.3, -0.25) is 4.79 Å². The molecule has 1 aromatic rings. The minimum atomic E-state index is 0.148. The Bertz CT molecular complexity index is 469. The van der Waals surface area contributed by atoms with E-state index in [0.29, 0.717) is 25.2 Å². The van der Waals surface area contributed by atoms with Gasteiger partial charge in [-0.2, -0.15) is 0 Å². The molecular formula is C16H21BrO4. The van der Waals surface area contributed by atoms with E-state index in [0.717, 1.165) is 36.1 Å². The second kappa shape index (κ2) is 8.51. The fraction of sp³-hybridized carbons (Fsp3) is 0.562. The van der Waals surface area contributed by atoms with E-state index in [4.69, 9.17) is 14.2 Å². The zero-order chi connectivity index (χ0) is 15.1. The molecule has 0 aliphatic carbocycles. The van der Waals surface area contributed by atoms with Crippen LogP contribution in [0.1, 0.15) is 36.0 Å². The zero-order valence-corrected chi connectivity index (χ0v) is 13.9. The molecule has 0 amide bonds. The second-order valence-corrected chi connectivity index (χ2v) is 5.94. The van der Waals surface area contributed by atoms with Crippen molar-refractivity contribution in [2.24, 2.45) is 0 Å². The molecule has 2 rings (SSSR count). The van der Waals surface area contributed by atoms with Crippen LogP contribution in [0.2, 0.25) is 0 Å². The fourth-order valence-electron chi connectivity index (χ4n) is 2.33. The van der Waals surface area contributed by atoms with Crippen LogP contribution in [0, 0.1) is 0 Å². The maximum atomic E-state index is 12.2. The molecule has 0 bridgehead atoms. The Hall–Kier alpha value is -0.910. The van der Waals surface area contributed by atoms with E-state index < -0.39 is 0 Å². The summed E-state index contributed by atoms with van der Waals surface area (Å²) < 4.78 is 16.8. The van der Waals surface area contributed by atoms with Gasteiger partial charge in [-0.1, -0.05) is 0 Å². The quantitative estimate of drug-likeness (QED) is 0.527. The van der Waals surface area contributed by atoms with Crippen molar-refractivity contribution in [1.29, 1.82) is 0 Å². The van der Waals surface area contributed by atoms with Crippen LogP contribution in [0.25, 0.3) is 0 Å². The van der Waals surface area contributed by atoms with Gasteiger partial charge in [-0.15, -0.1) is 0 Å². The fourth-order valence-corrected chi connectivity index (χ4v) is 2.83. The molecule has 5 heteroatoms. The van der Waals surface area contributed by atoms with E-state index in [1.54, 1.807) is 7.11 Å². The van der Waals surface area contributed by atoms with Gasteiger partial charge in [0, 0.05) is 25.7 Å². The lowest BCUT2D eigenvalue weighted by Crippen LogP contribution is -2.09. The number of hydrogen-bond donors (Lipinski definition) is 0. The number of benzene rings is 1. The molecule has 1 unspecified atom stereocenters. The molecule has 1 atom stereocenters.